The van der Waals surface area contributed by atoms with Crippen LogP contribution in [0.15, 0.2) is 54.6 Å². The number of hydrogen-bond acceptors (Lipinski definition) is 1. The number of aryl methyl sites for hydroxylation is 3. The first-order chi connectivity index (χ1) is 18.0. The fourth-order valence-electron chi connectivity index (χ4n) is 4.06. The predicted molar refractivity (Wildman–Crippen MR) is 172 cm³/mol. The van der Waals surface area contributed by atoms with Crippen LogP contribution >= 0.6 is 22.6 Å². The van der Waals surface area contributed by atoms with Gasteiger partial charge in [0, 0.05) is 3.57 Å². The van der Waals surface area contributed by atoms with Crippen LogP contribution in [-0.4, -0.2) is 0 Å². The molecule has 0 amide bonds. The Morgan fingerprint density at radius 2 is 1.07 bits per heavy atom. The maximum absolute atomic E-state index is 12.8. The van der Waals surface area contributed by atoms with Crippen molar-refractivity contribution in [1.82, 2.24) is 0 Å². The first-order valence-electron chi connectivity index (χ1n) is 13.4. The molecular weight excluding hydrogens is 618 g/mol. The molecule has 3 aromatic rings. The van der Waals surface area contributed by atoms with E-state index in [-0.39, 0.29) is 10.8 Å². The highest BCUT2D eigenvalue weighted by Gasteiger charge is 2.36. The largest absolute Gasteiger partial charge is 0.416 e. The van der Waals surface area contributed by atoms with Crippen molar-refractivity contribution in [3.8, 4) is 6.07 Å². The average molecular weight is 664 g/mol. The van der Waals surface area contributed by atoms with E-state index in [2.05, 4.69) is 101 Å². The molecule has 0 spiro atoms. The molecule has 40 heavy (non-hydrogen) atoms. The van der Waals surface area contributed by atoms with Crippen LogP contribution in [0.2, 0.25) is 0 Å². The summed E-state index contributed by atoms with van der Waals surface area (Å²) in [7, 11) is 0. The Labute approximate surface area is 254 Å². The van der Waals surface area contributed by atoms with Gasteiger partial charge < -0.3 is 0 Å². The Balaban J connectivity index is 0.000000302. The van der Waals surface area contributed by atoms with Crippen LogP contribution in [0.1, 0.15) is 107 Å². The van der Waals surface area contributed by atoms with Crippen LogP contribution in [0.3, 0.4) is 0 Å². The van der Waals surface area contributed by atoms with E-state index in [4.69, 9.17) is 5.26 Å². The monoisotopic (exact) mass is 663 g/mol. The van der Waals surface area contributed by atoms with Gasteiger partial charge in [0.15, 0.2) is 0 Å². The summed E-state index contributed by atoms with van der Waals surface area (Å²) in [6.45, 7) is 24.3. The summed E-state index contributed by atoms with van der Waals surface area (Å²) in [6.07, 6.45) is -4.27. The van der Waals surface area contributed by atoms with Crippen LogP contribution in [0, 0.1) is 35.7 Å². The number of halogens is 4. The molecule has 0 saturated heterocycles. The Morgan fingerprint density at radius 1 is 0.600 bits per heavy atom. The standard InChI is InChI=1S/C12H15F3.C12H15N.C11H15I/c1-8-5-6-9(11(2,3)4)10(7-8)12(13,14)15;1-9-5-6-11(12(2,3)4)10(7-9)8-13;1-8-7-9(11(2,3)4)5-6-10(8)12/h5-7H,1-4H3;5-7H,1-4H3;5-7H,1-4H3. The summed E-state index contributed by atoms with van der Waals surface area (Å²) < 4.78 is 39.6. The fraction of sp³-hybridized carbons (Fsp3) is 0.457. The van der Waals surface area contributed by atoms with E-state index in [0.717, 1.165) is 16.7 Å². The molecule has 3 rings (SSSR count). The zero-order valence-corrected chi connectivity index (χ0v) is 28.3. The fourth-order valence-corrected chi connectivity index (χ4v) is 4.40. The lowest BCUT2D eigenvalue weighted by atomic mass is 9.83. The van der Waals surface area contributed by atoms with Crippen LogP contribution in [-0.2, 0) is 22.4 Å². The Kier molecular flexibility index (Phi) is 12.1. The summed E-state index contributed by atoms with van der Waals surface area (Å²) in [5, 5.41) is 8.96. The SMILES string of the molecule is Cc1cc(C(C)(C)C)ccc1I.Cc1ccc(C(C)(C)C)c(C#N)c1.Cc1ccc(C(C)(C)C)c(C(F)(F)F)c1. The topological polar surface area (TPSA) is 23.8 Å². The third kappa shape index (κ3) is 10.9. The zero-order chi connectivity index (χ0) is 31.3. The molecule has 3 aromatic carbocycles. The van der Waals surface area contributed by atoms with Crippen molar-refractivity contribution in [2.45, 2.75) is 106 Å². The van der Waals surface area contributed by atoms with Gasteiger partial charge in [-0.25, -0.2) is 0 Å². The van der Waals surface area contributed by atoms with E-state index in [1.807, 2.05) is 19.1 Å². The zero-order valence-electron chi connectivity index (χ0n) is 26.2. The molecule has 5 heteroatoms. The highest BCUT2D eigenvalue weighted by atomic mass is 127. The van der Waals surface area contributed by atoms with Crippen molar-refractivity contribution < 1.29 is 13.2 Å². The van der Waals surface area contributed by atoms with Gasteiger partial charge in [0.2, 0.25) is 0 Å². The van der Waals surface area contributed by atoms with Crippen LogP contribution < -0.4 is 0 Å². The third-order valence-electron chi connectivity index (χ3n) is 6.42. The van der Waals surface area contributed by atoms with E-state index >= 15 is 0 Å². The lowest BCUT2D eigenvalue weighted by Gasteiger charge is -2.24. The summed E-state index contributed by atoms with van der Waals surface area (Å²) >= 11 is 2.37. The maximum Gasteiger partial charge on any atom is 0.416 e. The Bertz CT molecular complexity index is 1330. The molecule has 1 nitrogen and oxygen atoms in total. The van der Waals surface area contributed by atoms with Gasteiger partial charge in [0.1, 0.15) is 0 Å². The second kappa shape index (κ2) is 13.6. The molecule has 0 aliphatic carbocycles. The first-order valence-corrected chi connectivity index (χ1v) is 14.5. The number of benzene rings is 3. The lowest BCUT2D eigenvalue weighted by molar-refractivity contribution is -0.138. The van der Waals surface area contributed by atoms with E-state index in [1.165, 1.54) is 20.8 Å². The van der Waals surface area contributed by atoms with Crippen molar-refractivity contribution in [3.63, 3.8) is 0 Å². The van der Waals surface area contributed by atoms with Gasteiger partial charge in [0.25, 0.3) is 0 Å². The van der Waals surface area contributed by atoms with Crippen LogP contribution in [0.4, 0.5) is 13.2 Å². The molecule has 0 unspecified atom stereocenters. The number of alkyl halides is 3. The normalized spacial score (nSPS) is 12.0. The average Bonchev–Trinajstić information content (AvgIpc) is 2.78. The third-order valence-corrected chi connectivity index (χ3v) is 7.63. The molecule has 0 bridgehead atoms. The maximum atomic E-state index is 12.8. The van der Waals surface area contributed by atoms with Gasteiger partial charge in [0.05, 0.1) is 17.2 Å². The van der Waals surface area contributed by atoms with Crippen LogP contribution in [0.5, 0.6) is 0 Å². The second-order valence-electron chi connectivity index (χ2n) is 13.4. The van der Waals surface area contributed by atoms with E-state index in [9.17, 15) is 13.2 Å². The molecule has 0 fully saturated rings. The summed E-state index contributed by atoms with van der Waals surface area (Å²) in [5.74, 6) is 0. The molecule has 0 saturated carbocycles. The number of nitriles is 1. The van der Waals surface area contributed by atoms with Gasteiger partial charge in [-0.3, -0.25) is 0 Å². The van der Waals surface area contributed by atoms with Crippen molar-refractivity contribution >= 4 is 22.6 Å². The number of nitrogens with zero attached hydrogens (tertiary/aromatic N) is 1. The van der Waals surface area contributed by atoms with E-state index in [0.29, 0.717) is 11.1 Å². The van der Waals surface area contributed by atoms with Crippen LogP contribution in [0.25, 0.3) is 0 Å². The molecule has 0 aromatic heterocycles. The minimum absolute atomic E-state index is 0.0543. The minimum Gasteiger partial charge on any atom is -0.192 e. The van der Waals surface area contributed by atoms with Crippen molar-refractivity contribution in [2.75, 3.05) is 0 Å². The minimum atomic E-state index is -4.27. The highest BCUT2D eigenvalue weighted by Crippen LogP contribution is 2.37. The first kappa shape index (κ1) is 35.7. The van der Waals surface area contributed by atoms with Crippen molar-refractivity contribution in [3.05, 3.63) is 103 Å². The summed E-state index contributed by atoms with van der Waals surface area (Å²) in [6, 6.07) is 19.5. The molecule has 0 radical (unpaired) electrons. The lowest BCUT2D eigenvalue weighted by Crippen LogP contribution is -2.19. The molecule has 0 heterocycles. The Morgan fingerprint density at radius 3 is 1.48 bits per heavy atom. The van der Waals surface area contributed by atoms with Gasteiger partial charge >= 0.3 is 6.18 Å². The van der Waals surface area contributed by atoms with Gasteiger partial charge in [-0.1, -0.05) is 104 Å². The number of rotatable bonds is 0. The number of hydrogen-bond donors (Lipinski definition) is 0. The molecule has 0 aliphatic rings. The second-order valence-corrected chi connectivity index (χ2v) is 14.6. The summed E-state index contributed by atoms with van der Waals surface area (Å²) in [5.41, 5.74) is 6.17. The van der Waals surface area contributed by atoms with E-state index < -0.39 is 17.2 Å². The molecule has 218 valence electrons. The molecule has 0 aliphatic heterocycles. The van der Waals surface area contributed by atoms with E-state index in [1.54, 1.807) is 39.8 Å². The van der Waals surface area contributed by atoms with Gasteiger partial charge in [-0.05, 0) is 106 Å². The molecule has 0 atom stereocenters. The molecule has 0 N–H and O–H groups in total. The quantitative estimate of drug-likeness (QED) is 0.220. The van der Waals surface area contributed by atoms with Crippen molar-refractivity contribution in [2.24, 2.45) is 0 Å². The summed E-state index contributed by atoms with van der Waals surface area (Å²) in [4.78, 5) is 0. The van der Waals surface area contributed by atoms with Gasteiger partial charge in [-0.15, -0.1) is 0 Å². The Hall–Kier alpha value is -2.33. The van der Waals surface area contributed by atoms with Crippen molar-refractivity contribution in [1.29, 1.82) is 5.26 Å². The molecular formula is C35H45F3IN. The van der Waals surface area contributed by atoms with Gasteiger partial charge in [-0.2, -0.15) is 18.4 Å². The highest BCUT2D eigenvalue weighted by molar-refractivity contribution is 14.1. The smallest absolute Gasteiger partial charge is 0.192 e. The predicted octanol–water partition coefficient (Wildman–Crippen LogP) is 11.4.